The van der Waals surface area contributed by atoms with Crippen molar-refractivity contribution in [1.29, 1.82) is 0 Å². The highest BCUT2D eigenvalue weighted by atomic mass is 32.1. The lowest BCUT2D eigenvalue weighted by Gasteiger charge is -2.25. The molecule has 1 aliphatic heterocycles. The number of hydrogen-bond donors (Lipinski definition) is 1. The predicted molar refractivity (Wildman–Crippen MR) is 167 cm³/mol. The van der Waals surface area contributed by atoms with Gasteiger partial charge in [0, 0.05) is 5.56 Å². The van der Waals surface area contributed by atoms with Gasteiger partial charge in [-0.15, -0.1) is 0 Å². The number of carbonyl (C=O) groups excluding carboxylic acids is 1. The summed E-state index contributed by atoms with van der Waals surface area (Å²) in [5, 5.41) is 9.15. The molecule has 1 aromatic heterocycles. The van der Waals surface area contributed by atoms with Crippen molar-refractivity contribution in [3.63, 3.8) is 0 Å². The summed E-state index contributed by atoms with van der Waals surface area (Å²) >= 11 is 1.23. The lowest BCUT2D eigenvalue weighted by Crippen LogP contribution is -2.40. The van der Waals surface area contributed by atoms with Crippen molar-refractivity contribution in [2.75, 3.05) is 6.61 Å². The van der Waals surface area contributed by atoms with E-state index in [4.69, 9.17) is 19.3 Å². The molecule has 4 aromatic rings. The number of aromatic carboxylic acids is 1. The molecule has 0 fully saturated rings. The van der Waals surface area contributed by atoms with Crippen molar-refractivity contribution in [2.24, 2.45) is 4.99 Å². The SMILES string of the molecule is CCOc1ccc([C@H]2C(C(=O)OC(C)C)=C(C)N=c3s/c(=C/c4ccccc4OCc4ccc(C(=O)O)cc4)c(=O)n32)cc1. The highest BCUT2D eigenvalue weighted by Crippen LogP contribution is 2.32. The van der Waals surface area contributed by atoms with E-state index in [0.717, 1.165) is 11.1 Å². The van der Waals surface area contributed by atoms with Gasteiger partial charge in [-0.1, -0.05) is 53.8 Å². The molecule has 2 heterocycles. The number of allylic oxidation sites excluding steroid dienone is 1. The Morgan fingerprint density at radius 2 is 1.73 bits per heavy atom. The minimum atomic E-state index is -0.992. The van der Waals surface area contributed by atoms with E-state index >= 15 is 0 Å². The smallest absolute Gasteiger partial charge is 0.338 e. The quantitative estimate of drug-likeness (QED) is 0.254. The highest BCUT2D eigenvalue weighted by molar-refractivity contribution is 7.07. The number of ether oxygens (including phenoxy) is 3. The third kappa shape index (κ3) is 6.50. The number of benzene rings is 3. The third-order valence-electron chi connectivity index (χ3n) is 6.89. The number of aromatic nitrogens is 1. The summed E-state index contributed by atoms with van der Waals surface area (Å²) in [7, 11) is 0. The van der Waals surface area contributed by atoms with E-state index in [1.54, 1.807) is 49.6 Å². The van der Waals surface area contributed by atoms with Gasteiger partial charge in [0.05, 0.1) is 40.1 Å². The van der Waals surface area contributed by atoms with Crippen molar-refractivity contribution < 1.29 is 28.9 Å². The zero-order valence-corrected chi connectivity index (χ0v) is 25.6. The van der Waals surface area contributed by atoms with Gasteiger partial charge in [0.25, 0.3) is 5.56 Å². The first-order chi connectivity index (χ1) is 21.2. The Kier molecular flexibility index (Phi) is 9.10. The average molecular weight is 613 g/mol. The molecule has 0 aliphatic carbocycles. The zero-order valence-electron chi connectivity index (χ0n) is 24.8. The predicted octanol–water partition coefficient (Wildman–Crippen LogP) is 4.86. The molecule has 10 heteroatoms. The van der Waals surface area contributed by atoms with Crippen molar-refractivity contribution >= 4 is 29.4 Å². The maximum absolute atomic E-state index is 14.0. The second kappa shape index (κ2) is 13.1. The van der Waals surface area contributed by atoms with E-state index in [9.17, 15) is 14.4 Å². The number of para-hydroxylation sites is 1. The van der Waals surface area contributed by atoms with Crippen LogP contribution in [0.3, 0.4) is 0 Å². The van der Waals surface area contributed by atoms with E-state index < -0.39 is 18.0 Å². The highest BCUT2D eigenvalue weighted by Gasteiger charge is 2.33. The van der Waals surface area contributed by atoms with Gasteiger partial charge >= 0.3 is 11.9 Å². The molecule has 1 N–H and O–H groups in total. The second-order valence-corrected chi connectivity index (χ2v) is 11.4. The van der Waals surface area contributed by atoms with Gasteiger partial charge in [0.15, 0.2) is 4.80 Å². The minimum Gasteiger partial charge on any atom is -0.494 e. The van der Waals surface area contributed by atoms with Crippen LogP contribution in [0.1, 0.15) is 60.8 Å². The number of carboxylic acids is 1. The molecular weight excluding hydrogens is 580 g/mol. The van der Waals surface area contributed by atoms with Gasteiger partial charge < -0.3 is 19.3 Å². The van der Waals surface area contributed by atoms with Crippen LogP contribution in [0.4, 0.5) is 0 Å². The molecule has 0 saturated carbocycles. The zero-order chi connectivity index (χ0) is 31.4. The summed E-state index contributed by atoms with van der Waals surface area (Å²) in [6, 6.07) is 20.4. The Morgan fingerprint density at radius 3 is 2.39 bits per heavy atom. The van der Waals surface area contributed by atoms with Crippen molar-refractivity contribution in [3.8, 4) is 11.5 Å². The maximum atomic E-state index is 14.0. The lowest BCUT2D eigenvalue weighted by atomic mass is 9.96. The molecule has 0 amide bonds. The molecular formula is C34H32N2O7S. The van der Waals surface area contributed by atoms with E-state index in [-0.39, 0.29) is 23.8 Å². The molecule has 226 valence electrons. The fourth-order valence-electron chi connectivity index (χ4n) is 4.87. The number of rotatable bonds is 10. The first-order valence-electron chi connectivity index (χ1n) is 14.2. The van der Waals surface area contributed by atoms with Gasteiger partial charge in [-0.2, -0.15) is 0 Å². The summed E-state index contributed by atoms with van der Waals surface area (Å²) in [6.07, 6.45) is 1.41. The Morgan fingerprint density at radius 1 is 1.02 bits per heavy atom. The van der Waals surface area contributed by atoms with Crippen LogP contribution in [0.2, 0.25) is 0 Å². The maximum Gasteiger partial charge on any atom is 0.338 e. The summed E-state index contributed by atoms with van der Waals surface area (Å²) in [4.78, 5) is 43.7. The van der Waals surface area contributed by atoms with Crippen molar-refractivity contribution in [1.82, 2.24) is 4.57 Å². The van der Waals surface area contributed by atoms with E-state index in [2.05, 4.69) is 4.99 Å². The number of thiazole rings is 1. The monoisotopic (exact) mass is 612 g/mol. The van der Waals surface area contributed by atoms with Crippen LogP contribution in [-0.4, -0.2) is 34.3 Å². The number of fused-ring (bicyclic) bond motifs is 1. The first kappa shape index (κ1) is 30.5. The Balaban J connectivity index is 1.55. The molecule has 0 radical (unpaired) electrons. The fraction of sp³-hybridized carbons (Fsp3) is 0.235. The number of carbonyl (C=O) groups is 2. The van der Waals surface area contributed by atoms with Crippen LogP contribution in [0.15, 0.2) is 93.9 Å². The van der Waals surface area contributed by atoms with Crippen LogP contribution in [0.5, 0.6) is 11.5 Å². The molecule has 9 nitrogen and oxygen atoms in total. The standard InChI is InChI=1S/C34H32N2O7S/c1-5-41-26-16-14-23(15-17-26)30-29(33(40)43-20(2)3)21(4)35-34-36(30)31(37)28(44-34)18-25-8-6-7-9-27(25)42-19-22-10-12-24(13-11-22)32(38)39/h6-18,20,30H,5,19H2,1-4H3,(H,38,39)/b28-18+/t30-/m0/s1. The Labute approximate surface area is 258 Å². The van der Waals surface area contributed by atoms with Crippen LogP contribution in [-0.2, 0) is 16.1 Å². The van der Waals surface area contributed by atoms with E-state index in [1.807, 2.05) is 49.4 Å². The van der Waals surface area contributed by atoms with E-state index in [1.165, 1.54) is 23.5 Å². The molecule has 3 aromatic carbocycles. The van der Waals surface area contributed by atoms with Crippen LogP contribution in [0, 0.1) is 0 Å². The normalized spacial score (nSPS) is 14.7. The number of carboxylic acid groups (broad SMARTS) is 1. The van der Waals surface area contributed by atoms with Gasteiger partial charge in [-0.25, -0.2) is 14.6 Å². The minimum absolute atomic E-state index is 0.198. The van der Waals surface area contributed by atoms with Gasteiger partial charge in [0.2, 0.25) is 0 Å². The lowest BCUT2D eigenvalue weighted by molar-refractivity contribution is -0.143. The van der Waals surface area contributed by atoms with Crippen LogP contribution >= 0.6 is 11.3 Å². The summed E-state index contributed by atoms with van der Waals surface area (Å²) in [5.74, 6) is -0.274. The first-order valence-corrected chi connectivity index (χ1v) is 15.0. The molecule has 0 spiro atoms. The van der Waals surface area contributed by atoms with Crippen molar-refractivity contribution in [3.05, 3.63) is 126 Å². The van der Waals surface area contributed by atoms with E-state index in [0.29, 0.717) is 44.3 Å². The second-order valence-electron chi connectivity index (χ2n) is 10.4. The molecule has 1 atom stereocenters. The molecule has 5 rings (SSSR count). The van der Waals surface area contributed by atoms with Gasteiger partial charge in [0.1, 0.15) is 18.1 Å². The third-order valence-corrected chi connectivity index (χ3v) is 7.87. The summed E-state index contributed by atoms with van der Waals surface area (Å²) in [5.41, 5.74) is 2.91. The van der Waals surface area contributed by atoms with Crippen molar-refractivity contribution in [2.45, 2.75) is 46.4 Å². The Bertz CT molecular complexity index is 1900. The van der Waals surface area contributed by atoms with Gasteiger partial charge in [-0.05, 0) is 75.2 Å². The van der Waals surface area contributed by atoms with Crippen LogP contribution in [0.25, 0.3) is 6.08 Å². The molecule has 44 heavy (non-hydrogen) atoms. The largest absolute Gasteiger partial charge is 0.494 e. The topological polar surface area (TPSA) is 116 Å². The fourth-order valence-corrected chi connectivity index (χ4v) is 5.90. The average Bonchev–Trinajstić information content (AvgIpc) is 3.30. The molecule has 1 aliphatic rings. The Hall–Kier alpha value is -4.96. The molecule has 0 unspecified atom stereocenters. The molecule has 0 bridgehead atoms. The summed E-state index contributed by atoms with van der Waals surface area (Å²) < 4.78 is 19.2. The number of esters is 1. The number of hydrogen-bond acceptors (Lipinski definition) is 8. The summed E-state index contributed by atoms with van der Waals surface area (Å²) in [6.45, 7) is 7.94. The molecule has 0 saturated heterocycles. The van der Waals surface area contributed by atoms with Crippen LogP contribution < -0.4 is 24.4 Å². The van der Waals surface area contributed by atoms with Gasteiger partial charge in [-0.3, -0.25) is 9.36 Å². The number of nitrogens with zero attached hydrogens (tertiary/aromatic N) is 2.